The summed E-state index contributed by atoms with van der Waals surface area (Å²) in [4.78, 5) is 16.3. The molecule has 0 atom stereocenters. The van der Waals surface area contributed by atoms with Crippen LogP contribution in [0.3, 0.4) is 0 Å². The van der Waals surface area contributed by atoms with Crippen molar-refractivity contribution in [2.45, 2.75) is 43.7 Å². The molecular formula is C17H24N4O4S2. The van der Waals surface area contributed by atoms with Gasteiger partial charge in [-0.05, 0) is 25.3 Å². The highest BCUT2D eigenvalue weighted by molar-refractivity contribution is 7.91. The average molecular weight is 413 g/mol. The van der Waals surface area contributed by atoms with E-state index in [4.69, 9.17) is 4.52 Å². The van der Waals surface area contributed by atoms with Crippen LogP contribution in [0.25, 0.3) is 11.4 Å². The second-order valence-electron chi connectivity index (χ2n) is 6.49. The molecule has 1 saturated heterocycles. The van der Waals surface area contributed by atoms with Crippen molar-refractivity contribution in [2.24, 2.45) is 5.92 Å². The molecule has 8 nitrogen and oxygen atoms in total. The summed E-state index contributed by atoms with van der Waals surface area (Å²) in [6.45, 7) is 5.27. The zero-order chi connectivity index (χ0) is 19.4. The molecule has 0 aliphatic carbocycles. The molecule has 27 heavy (non-hydrogen) atoms. The topological polar surface area (TPSA) is 105 Å². The molecule has 3 heterocycles. The van der Waals surface area contributed by atoms with Crippen LogP contribution < -0.4 is 5.32 Å². The summed E-state index contributed by atoms with van der Waals surface area (Å²) in [6, 6.07) is 1.59. The van der Waals surface area contributed by atoms with Crippen LogP contribution in [-0.4, -0.2) is 48.4 Å². The Kier molecular flexibility index (Phi) is 6.28. The summed E-state index contributed by atoms with van der Waals surface area (Å²) in [5.41, 5.74) is 0.635. The first-order chi connectivity index (χ1) is 13.0. The number of rotatable bonds is 7. The third-order valence-electron chi connectivity index (χ3n) is 4.57. The molecule has 0 aromatic carbocycles. The van der Waals surface area contributed by atoms with Crippen molar-refractivity contribution in [3.05, 3.63) is 17.3 Å². The van der Waals surface area contributed by atoms with Crippen LogP contribution in [0, 0.1) is 5.92 Å². The second-order valence-corrected chi connectivity index (χ2v) is 9.57. The molecule has 0 radical (unpaired) electrons. The Labute approximate surface area is 163 Å². The lowest BCUT2D eigenvalue weighted by Gasteiger charge is -2.30. The molecular weight excluding hydrogens is 388 g/mol. The van der Waals surface area contributed by atoms with E-state index in [9.17, 15) is 13.2 Å². The first-order valence-electron chi connectivity index (χ1n) is 9.15. The van der Waals surface area contributed by atoms with Gasteiger partial charge >= 0.3 is 0 Å². The Morgan fingerprint density at radius 3 is 2.74 bits per heavy atom. The number of amides is 1. The zero-order valence-electron chi connectivity index (χ0n) is 15.5. The zero-order valence-corrected chi connectivity index (χ0v) is 17.1. The number of carbonyl (C=O) groups excluding carboxylic acids is 1. The molecule has 10 heteroatoms. The SMILES string of the molecule is CCCNC(=O)C1CCN(S(=O)(=O)c2cc(-c3noc(CC)n3)cs2)CC1. The fourth-order valence-electron chi connectivity index (χ4n) is 2.96. The second kappa shape index (κ2) is 8.49. The Hall–Kier alpha value is -1.78. The van der Waals surface area contributed by atoms with Gasteiger partial charge in [-0.15, -0.1) is 11.3 Å². The highest BCUT2D eigenvalue weighted by Crippen LogP contribution is 2.31. The maximum atomic E-state index is 12.9. The number of carbonyl (C=O) groups is 1. The molecule has 148 valence electrons. The molecule has 1 amide bonds. The number of piperidine rings is 1. The van der Waals surface area contributed by atoms with E-state index in [0.29, 0.717) is 56.2 Å². The standard InChI is InChI=1S/C17H24N4O4S2/c1-3-7-18-17(22)12-5-8-21(9-6-12)27(23,24)15-10-13(11-26-15)16-19-14(4-2)25-20-16/h10-12H,3-9H2,1-2H3,(H,18,22). The van der Waals surface area contributed by atoms with Crippen molar-refractivity contribution in [3.8, 4) is 11.4 Å². The molecule has 2 aromatic heterocycles. The molecule has 0 saturated carbocycles. The van der Waals surface area contributed by atoms with E-state index in [1.165, 1.54) is 4.31 Å². The van der Waals surface area contributed by atoms with E-state index in [-0.39, 0.29) is 16.0 Å². The molecule has 0 spiro atoms. The monoisotopic (exact) mass is 412 g/mol. The summed E-state index contributed by atoms with van der Waals surface area (Å²) < 4.78 is 32.6. The van der Waals surface area contributed by atoms with Gasteiger partial charge < -0.3 is 9.84 Å². The third-order valence-corrected chi connectivity index (χ3v) is 7.89. The predicted molar refractivity (Wildman–Crippen MR) is 102 cm³/mol. The van der Waals surface area contributed by atoms with Crippen molar-refractivity contribution in [1.29, 1.82) is 0 Å². The molecule has 0 unspecified atom stereocenters. The Bertz CT molecular complexity index is 882. The molecule has 1 N–H and O–H groups in total. The lowest BCUT2D eigenvalue weighted by Crippen LogP contribution is -2.42. The van der Waals surface area contributed by atoms with Crippen molar-refractivity contribution < 1.29 is 17.7 Å². The highest BCUT2D eigenvalue weighted by Gasteiger charge is 2.33. The Balaban J connectivity index is 1.66. The van der Waals surface area contributed by atoms with Gasteiger partial charge in [0, 0.05) is 42.9 Å². The van der Waals surface area contributed by atoms with E-state index in [0.717, 1.165) is 17.8 Å². The van der Waals surface area contributed by atoms with Gasteiger partial charge in [0.05, 0.1) is 0 Å². The van der Waals surface area contributed by atoms with Gasteiger partial charge in [-0.3, -0.25) is 4.79 Å². The lowest BCUT2D eigenvalue weighted by atomic mass is 9.97. The Morgan fingerprint density at radius 1 is 1.37 bits per heavy atom. The van der Waals surface area contributed by atoms with Gasteiger partial charge in [-0.2, -0.15) is 9.29 Å². The number of nitrogens with zero attached hydrogens (tertiary/aromatic N) is 3. The number of aromatic nitrogens is 2. The van der Waals surface area contributed by atoms with Crippen LogP contribution >= 0.6 is 11.3 Å². The normalized spacial score (nSPS) is 16.5. The van der Waals surface area contributed by atoms with Gasteiger partial charge in [-0.1, -0.05) is 19.0 Å². The quantitative estimate of drug-likeness (QED) is 0.748. The van der Waals surface area contributed by atoms with E-state index in [1.54, 1.807) is 11.4 Å². The van der Waals surface area contributed by atoms with Crippen LogP contribution in [-0.2, 0) is 21.2 Å². The first kappa shape index (κ1) is 20.0. The van der Waals surface area contributed by atoms with Gasteiger partial charge in [-0.25, -0.2) is 8.42 Å². The largest absolute Gasteiger partial charge is 0.356 e. The minimum atomic E-state index is -3.58. The summed E-state index contributed by atoms with van der Waals surface area (Å²) in [5.74, 6) is 0.824. The molecule has 1 aliphatic heterocycles. The number of thiophene rings is 1. The minimum Gasteiger partial charge on any atom is -0.356 e. The number of sulfonamides is 1. The summed E-state index contributed by atoms with van der Waals surface area (Å²) in [5, 5.41) is 8.50. The highest BCUT2D eigenvalue weighted by atomic mass is 32.2. The van der Waals surface area contributed by atoms with Gasteiger partial charge in [0.25, 0.3) is 10.0 Å². The number of hydrogen-bond acceptors (Lipinski definition) is 7. The van der Waals surface area contributed by atoms with Crippen molar-refractivity contribution >= 4 is 27.3 Å². The van der Waals surface area contributed by atoms with Crippen LogP contribution in [0.15, 0.2) is 20.2 Å². The summed E-state index contributed by atoms with van der Waals surface area (Å²) in [7, 11) is -3.58. The van der Waals surface area contributed by atoms with Gasteiger partial charge in [0.1, 0.15) is 4.21 Å². The van der Waals surface area contributed by atoms with E-state index in [2.05, 4.69) is 15.5 Å². The molecule has 3 rings (SSSR count). The van der Waals surface area contributed by atoms with Gasteiger partial charge in [0.15, 0.2) is 0 Å². The van der Waals surface area contributed by atoms with Crippen molar-refractivity contribution in [2.75, 3.05) is 19.6 Å². The number of aryl methyl sites for hydroxylation is 1. The predicted octanol–water partition coefficient (Wildman–Crippen LogP) is 2.29. The molecule has 1 aliphatic rings. The third kappa shape index (κ3) is 4.39. The maximum Gasteiger partial charge on any atom is 0.252 e. The van der Waals surface area contributed by atoms with Crippen molar-refractivity contribution in [3.63, 3.8) is 0 Å². The minimum absolute atomic E-state index is 0.0242. The van der Waals surface area contributed by atoms with Crippen LogP contribution in [0.2, 0.25) is 0 Å². The smallest absolute Gasteiger partial charge is 0.252 e. The van der Waals surface area contributed by atoms with Crippen molar-refractivity contribution in [1.82, 2.24) is 19.8 Å². The molecule has 1 fully saturated rings. The maximum absolute atomic E-state index is 12.9. The van der Waals surface area contributed by atoms with Crippen LogP contribution in [0.5, 0.6) is 0 Å². The number of hydrogen-bond donors (Lipinski definition) is 1. The molecule has 2 aromatic rings. The van der Waals surface area contributed by atoms with Crippen LogP contribution in [0.4, 0.5) is 0 Å². The lowest BCUT2D eigenvalue weighted by molar-refractivity contribution is -0.126. The van der Waals surface area contributed by atoms with E-state index < -0.39 is 10.0 Å². The summed E-state index contributed by atoms with van der Waals surface area (Å²) >= 11 is 1.15. The first-order valence-corrected chi connectivity index (χ1v) is 11.5. The Morgan fingerprint density at radius 2 is 2.11 bits per heavy atom. The molecule has 0 bridgehead atoms. The van der Waals surface area contributed by atoms with Crippen LogP contribution in [0.1, 0.15) is 39.0 Å². The fourth-order valence-corrected chi connectivity index (χ4v) is 5.74. The van der Waals surface area contributed by atoms with E-state index >= 15 is 0 Å². The van der Waals surface area contributed by atoms with Gasteiger partial charge in [0.2, 0.25) is 17.6 Å². The number of nitrogens with one attached hydrogen (secondary N) is 1. The average Bonchev–Trinajstić information content (AvgIpc) is 3.35. The fraction of sp³-hybridized carbons (Fsp3) is 0.588. The summed E-state index contributed by atoms with van der Waals surface area (Å²) in [6.07, 6.45) is 2.60. The van der Waals surface area contributed by atoms with E-state index in [1.807, 2.05) is 13.8 Å².